The van der Waals surface area contributed by atoms with Crippen molar-refractivity contribution in [1.29, 1.82) is 0 Å². The number of hydrogen-bond acceptors (Lipinski definition) is 4. The van der Waals surface area contributed by atoms with Gasteiger partial charge in [-0.15, -0.1) is 0 Å². The first-order valence-corrected chi connectivity index (χ1v) is 8.36. The molecule has 1 aromatic rings. The summed E-state index contributed by atoms with van der Waals surface area (Å²) < 4.78 is 26.1. The Morgan fingerprint density at radius 3 is 2.43 bits per heavy atom. The Bertz CT molecular complexity index is 572. The Labute approximate surface area is 126 Å². The molecule has 6 nitrogen and oxygen atoms in total. The lowest BCUT2D eigenvalue weighted by Crippen LogP contribution is -2.39. The molecule has 7 heteroatoms. The molecule has 0 bridgehead atoms. The van der Waals surface area contributed by atoms with E-state index in [0.29, 0.717) is 0 Å². The van der Waals surface area contributed by atoms with Gasteiger partial charge in [-0.3, -0.25) is 0 Å². The van der Waals surface area contributed by atoms with E-state index in [-0.39, 0.29) is 30.0 Å². The van der Waals surface area contributed by atoms with Crippen molar-refractivity contribution in [1.82, 2.24) is 4.31 Å². The van der Waals surface area contributed by atoms with Gasteiger partial charge in [0.05, 0.1) is 5.75 Å². The summed E-state index contributed by atoms with van der Waals surface area (Å²) in [6, 6.07) is 9.15. The molecular weight excluding hydrogens is 290 g/mol. The van der Waals surface area contributed by atoms with Crippen LogP contribution in [-0.2, 0) is 10.0 Å². The Morgan fingerprint density at radius 1 is 1.33 bits per heavy atom. The maximum Gasteiger partial charge on any atom is 0.214 e. The van der Waals surface area contributed by atoms with Gasteiger partial charge in [0, 0.05) is 19.5 Å². The number of benzene rings is 1. The summed E-state index contributed by atoms with van der Waals surface area (Å²) in [5, 5.41) is 11.4. The van der Waals surface area contributed by atoms with Crippen LogP contribution in [0.5, 0.6) is 0 Å². The van der Waals surface area contributed by atoms with Crippen LogP contribution in [0.3, 0.4) is 0 Å². The van der Waals surface area contributed by atoms with Gasteiger partial charge >= 0.3 is 0 Å². The molecule has 0 fully saturated rings. The van der Waals surface area contributed by atoms with Crippen LogP contribution in [-0.4, -0.2) is 42.6 Å². The maximum atomic E-state index is 12.4. The van der Waals surface area contributed by atoms with Gasteiger partial charge in [-0.2, -0.15) is 0 Å². The van der Waals surface area contributed by atoms with Crippen molar-refractivity contribution in [3.8, 4) is 0 Å². The molecule has 118 valence electrons. The third-order valence-corrected chi connectivity index (χ3v) is 5.68. The molecule has 0 radical (unpaired) electrons. The summed E-state index contributed by atoms with van der Waals surface area (Å²) in [5.74, 6) is -0.0658. The Kier molecular flexibility index (Phi) is 6.17. The van der Waals surface area contributed by atoms with Crippen LogP contribution in [0.15, 0.2) is 35.5 Å². The molecular formula is C14H23N3O3S. The fraction of sp³-hybridized carbons (Fsp3) is 0.500. The van der Waals surface area contributed by atoms with E-state index in [2.05, 4.69) is 5.16 Å². The molecule has 0 aliphatic carbocycles. The van der Waals surface area contributed by atoms with Gasteiger partial charge in [0.2, 0.25) is 10.0 Å². The number of sulfonamides is 1. The predicted molar refractivity (Wildman–Crippen MR) is 83.9 cm³/mol. The minimum absolute atomic E-state index is 0.0145. The smallest absolute Gasteiger partial charge is 0.214 e. The molecule has 0 amide bonds. The molecule has 3 N–H and O–H groups in total. The zero-order valence-electron chi connectivity index (χ0n) is 12.6. The second-order valence-corrected chi connectivity index (χ2v) is 7.32. The molecule has 2 unspecified atom stereocenters. The van der Waals surface area contributed by atoms with Crippen molar-refractivity contribution >= 4 is 15.9 Å². The third kappa shape index (κ3) is 5.02. The number of oxime groups is 1. The van der Waals surface area contributed by atoms with Gasteiger partial charge in [0.15, 0.2) is 0 Å². The van der Waals surface area contributed by atoms with Crippen LogP contribution in [0.1, 0.15) is 31.7 Å². The second-order valence-electron chi connectivity index (χ2n) is 5.25. The Balaban J connectivity index is 2.76. The summed E-state index contributed by atoms with van der Waals surface area (Å²) in [6.45, 7) is 3.61. The van der Waals surface area contributed by atoms with Gasteiger partial charge < -0.3 is 10.9 Å². The summed E-state index contributed by atoms with van der Waals surface area (Å²) in [4.78, 5) is 0. The topological polar surface area (TPSA) is 96.0 Å². The summed E-state index contributed by atoms with van der Waals surface area (Å²) in [5.41, 5.74) is 6.41. The quantitative estimate of drug-likeness (QED) is 0.346. The fourth-order valence-corrected chi connectivity index (χ4v) is 3.74. The number of nitrogens with zero attached hydrogens (tertiary/aromatic N) is 2. The lowest BCUT2D eigenvalue weighted by atomic mass is 10.0. The first-order valence-electron chi connectivity index (χ1n) is 6.75. The van der Waals surface area contributed by atoms with E-state index in [1.54, 1.807) is 6.92 Å². The lowest BCUT2D eigenvalue weighted by Gasteiger charge is -2.25. The molecule has 0 aliphatic heterocycles. The van der Waals surface area contributed by atoms with E-state index < -0.39 is 10.0 Å². The van der Waals surface area contributed by atoms with E-state index >= 15 is 0 Å². The first kappa shape index (κ1) is 17.5. The van der Waals surface area contributed by atoms with Crippen molar-refractivity contribution in [2.75, 3.05) is 12.8 Å². The Morgan fingerprint density at radius 2 is 1.90 bits per heavy atom. The number of nitrogens with two attached hydrogens (primary N) is 1. The standard InChI is InChI=1S/C14H23N3O3S/c1-11(13-7-5-4-6-8-13)10-21(19,20)17(3)12(2)9-14(15)16-18/h4-8,11-12,18H,9-10H2,1-3H3,(H2,15,16). The van der Waals surface area contributed by atoms with Gasteiger partial charge in [-0.25, -0.2) is 12.7 Å². The Hall–Kier alpha value is -1.60. The fourth-order valence-electron chi connectivity index (χ4n) is 2.06. The van der Waals surface area contributed by atoms with Gasteiger partial charge in [0.25, 0.3) is 0 Å². The average Bonchev–Trinajstić information content (AvgIpc) is 2.46. The highest BCUT2D eigenvalue weighted by atomic mass is 32.2. The molecule has 2 atom stereocenters. The molecule has 0 saturated heterocycles. The van der Waals surface area contributed by atoms with Crippen LogP contribution in [0, 0.1) is 0 Å². The van der Waals surface area contributed by atoms with E-state index in [1.165, 1.54) is 11.4 Å². The normalized spacial score (nSPS) is 15.9. The van der Waals surface area contributed by atoms with E-state index in [4.69, 9.17) is 10.9 Å². The van der Waals surface area contributed by atoms with Crippen molar-refractivity contribution in [3.05, 3.63) is 35.9 Å². The van der Waals surface area contributed by atoms with Crippen LogP contribution in [0.25, 0.3) is 0 Å². The molecule has 0 saturated carbocycles. The SMILES string of the molecule is CC(CS(=O)(=O)N(C)C(C)C/C(N)=N/O)c1ccccc1. The van der Waals surface area contributed by atoms with Crippen molar-refractivity contribution in [2.45, 2.75) is 32.2 Å². The minimum Gasteiger partial charge on any atom is -0.409 e. The van der Waals surface area contributed by atoms with E-state index in [1.807, 2.05) is 37.3 Å². The zero-order chi connectivity index (χ0) is 16.0. The molecule has 1 rings (SSSR count). The van der Waals surface area contributed by atoms with Crippen LogP contribution < -0.4 is 5.73 Å². The molecule has 0 spiro atoms. The largest absolute Gasteiger partial charge is 0.409 e. The van der Waals surface area contributed by atoms with Gasteiger partial charge in [-0.05, 0) is 18.4 Å². The zero-order valence-corrected chi connectivity index (χ0v) is 13.4. The minimum atomic E-state index is -3.42. The molecule has 0 heterocycles. The predicted octanol–water partition coefficient (Wildman–Crippen LogP) is 1.58. The van der Waals surface area contributed by atoms with Crippen molar-refractivity contribution in [3.63, 3.8) is 0 Å². The van der Waals surface area contributed by atoms with Crippen LogP contribution in [0.2, 0.25) is 0 Å². The lowest BCUT2D eigenvalue weighted by molar-refractivity contribution is 0.313. The van der Waals surface area contributed by atoms with Crippen LogP contribution in [0.4, 0.5) is 0 Å². The molecule has 0 aliphatic rings. The number of amidine groups is 1. The van der Waals surface area contributed by atoms with Crippen molar-refractivity contribution < 1.29 is 13.6 Å². The molecule has 0 aromatic heterocycles. The molecule has 1 aromatic carbocycles. The summed E-state index contributed by atoms with van der Waals surface area (Å²) >= 11 is 0. The summed E-state index contributed by atoms with van der Waals surface area (Å²) in [7, 11) is -1.90. The van der Waals surface area contributed by atoms with Gasteiger partial charge in [-0.1, -0.05) is 42.4 Å². The maximum absolute atomic E-state index is 12.4. The first-order chi connectivity index (χ1) is 9.77. The van der Waals surface area contributed by atoms with Crippen molar-refractivity contribution in [2.24, 2.45) is 10.9 Å². The van der Waals surface area contributed by atoms with E-state index in [9.17, 15) is 8.42 Å². The van der Waals surface area contributed by atoms with E-state index in [0.717, 1.165) is 5.56 Å². The number of hydrogen-bond donors (Lipinski definition) is 2. The highest BCUT2D eigenvalue weighted by Crippen LogP contribution is 2.19. The summed E-state index contributed by atoms with van der Waals surface area (Å²) in [6.07, 6.45) is 0.186. The highest BCUT2D eigenvalue weighted by Gasteiger charge is 2.26. The van der Waals surface area contributed by atoms with Gasteiger partial charge in [0.1, 0.15) is 5.84 Å². The highest BCUT2D eigenvalue weighted by molar-refractivity contribution is 7.89. The third-order valence-electron chi connectivity index (χ3n) is 3.52. The second kappa shape index (κ2) is 7.42. The van der Waals surface area contributed by atoms with Crippen LogP contribution >= 0.6 is 0 Å². The number of rotatable bonds is 7. The average molecular weight is 313 g/mol. The molecule has 21 heavy (non-hydrogen) atoms. The monoisotopic (exact) mass is 313 g/mol.